The number of likely N-dealkylation sites (tertiary alicyclic amines) is 1. The highest BCUT2D eigenvalue weighted by atomic mass is 35.5. The summed E-state index contributed by atoms with van der Waals surface area (Å²) < 4.78 is 13.1. The standard InChI is InChI=1S/C19H17ClFN3O/c20-17-16(2-1-9-23-17)18(25)24-10-7-19(13-22,8-11-24)12-14-3-5-15(21)6-4-14/h1-6,9H,7-8,10-12H2. The van der Waals surface area contributed by atoms with Crippen LogP contribution in [0.2, 0.25) is 5.15 Å². The summed E-state index contributed by atoms with van der Waals surface area (Å²) in [6, 6.07) is 12.0. The maximum atomic E-state index is 13.1. The molecule has 128 valence electrons. The average molecular weight is 358 g/mol. The van der Waals surface area contributed by atoms with E-state index in [1.807, 2.05) is 0 Å². The SMILES string of the molecule is N#CC1(Cc2ccc(F)cc2)CCN(C(=O)c2cccnc2Cl)CC1. The number of amides is 1. The molecule has 1 aliphatic rings. The van der Waals surface area contributed by atoms with Crippen molar-refractivity contribution in [1.29, 1.82) is 5.26 Å². The molecule has 2 aromatic rings. The number of rotatable bonds is 3. The van der Waals surface area contributed by atoms with E-state index < -0.39 is 5.41 Å². The molecule has 0 bridgehead atoms. The largest absolute Gasteiger partial charge is 0.338 e. The molecule has 2 heterocycles. The van der Waals surface area contributed by atoms with Crippen molar-refractivity contribution in [2.45, 2.75) is 19.3 Å². The number of piperidine rings is 1. The molecule has 0 aliphatic carbocycles. The third kappa shape index (κ3) is 3.80. The minimum Gasteiger partial charge on any atom is -0.338 e. The third-order valence-corrected chi connectivity index (χ3v) is 4.99. The lowest BCUT2D eigenvalue weighted by Crippen LogP contribution is -2.43. The Morgan fingerprint density at radius 2 is 1.96 bits per heavy atom. The van der Waals surface area contributed by atoms with Gasteiger partial charge < -0.3 is 4.90 Å². The van der Waals surface area contributed by atoms with Crippen LogP contribution in [0.4, 0.5) is 4.39 Å². The average Bonchev–Trinajstić information content (AvgIpc) is 2.64. The van der Waals surface area contributed by atoms with Crippen LogP contribution >= 0.6 is 11.6 Å². The first-order valence-electron chi connectivity index (χ1n) is 8.08. The lowest BCUT2D eigenvalue weighted by Gasteiger charge is -2.37. The number of carbonyl (C=O) groups excluding carboxylic acids is 1. The molecule has 4 nitrogen and oxygen atoms in total. The zero-order chi connectivity index (χ0) is 17.9. The Hall–Kier alpha value is -2.45. The van der Waals surface area contributed by atoms with Gasteiger partial charge in [-0.25, -0.2) is 9.37 Å². The van der Waals surface area contributed by atoms with E-state index in [1.165, 1.54) is 12.1 Å². The number of hydrogen-bond acceptors (Lipinski definition) is 3. The maximum absolute atomic E-state index is 13.1. The molecule has 6 heteroatoms. The van der Waals surface area contributed by atoms with Gasteiger partial charge >= 0.3 is 0 Å². The van der Waals surface area contributed by atoms with E-state index in [9.17, 15) is 14.4 Å². The van der Waals surface area contributed by atoms with Crippen LogP contribution in [-0.4, -0.2) is 28.9 Å². The Balaban J connectivity index is 1.69. The van der Waals surface area contributed by atoms with Gasteiger partial charge in [-0.1, -0.05) is 23.7 Å². The molecule has 0 spiro atoms. The minimum absolute atomic E-state index is 0.161. The molecule has 1 amide bonds. The number of nitriles is 1. The van der Waals surface area contributed by atoms with Crippen molar-refractivity contribution in [2.24, 2.45) is 5.41 Å². The lowest BCUT2D eigenvalue weighted by atomic mass is 9.75. The van der Waals surface area contributed by atoms with E-state index in [1.54, 1.807) is 35.4 Å². The van der Waals surface area contributed by atoms with Crippen LogP contribution in [0.1, 0.15) is 28.8 Å². The number of hydrogen-bond donors (Lipinski definition) is 0. The van der Waals surface area contributed by atoms with Crippen molar-refractivity contribution < 1.29 is 9.18 Å². The van der Waals surface area contributed by atoms with Crippen LogP contribution < -0.4 is 0 Å². The molecule has 25 heavy (non-hydrogen) atoms. The molecule has 0 saturated carbocycles. The minimum atomic E-state index is -0.534. The molecule has 1 aromatic carbocycles. The van der Waals surface area contributed by atoms with E-state index in [0.29, 0.717) is 37.9 Å². The van der Waals surface area contributed by atoms with Crippen LogP contribution in [0.3, 0.4) is 0 Å². The molecule has 1 aliphatic heterocycles. The predicted octanol–water partition coefficient (Wildman–Crippen LogP) is 3.86. The van der Waals surface area contributed by atoms with Crippen LogP contribution in [0.5, 0.6) is 0 Å². The topological polar surface area (TPSA) is 57.0 Å². The number of nitrogens with zero attached hydrogens (tertiary/aromatic N) is 3. The van der Waals surface area contributed by atoms with Crippen LogP contribution in [-0.2, 0) is 6.42 Å². The highest BCUT2D eigenvalue weighted by molar-refractivity contribution is 6.32. The summed E-state index contributed by atoms with van der Waals surface area (Å²) >= 11 is 6.00. The fraction of sp³-hybridized carbons (Fsp3) is 0.316. The second-order valence-electron chi connectivity index (χ2n) is 6.33. The van der Waals surface area contributed by atoms with E-state index in [0.717, 1.165) is 5.56 Å². The molecule has 0 radical (unpaired) electrons. The monoisotopic (exact) mass is 357 g/mol. The first-order valence-corrected chi connectivity index (χ1v) is 8.46. The number of pyridine rings is 1. The molecular weight excluding hydrogens is 341 g/mol. The van der Waals surface area contributed by atoms with Crippen molar-refractivity contribution >= 4 is 17.5 Å². The van der Waals surface area contributed by atoms with Crippen molar-refractivity contribution in [3.8, 4) is 6.07 Å². The Bertz CT molecular complexity index is 808. The fourth-order valence-corrected chi connectivity index (χ4v) is 3.38. The van der Waals surface area contributed by atoms with E-state index in [-0.39, 0.29) is 16.9 Å². The zero-order valence-electron chi connectivity index (χ0n) is 13.6. The summed E-state index contributed by atoms with van der Waals surface area (Å²) in [5.41, 5.74) is 0.776. The van der Waals surface area contributed by atoms with Gasteiger partial charge in [-0.3, -0.25) is 4.79 Å². The zero-order valence-corrected chi connectivity index (χ0v) is 14.3. The molecular formula is C19H17ClFN3O. The van der Waals surface area contributed by atoms with E-state index in [4.69, 9.17) is 11.6 Å². The lowest BCUT2D eigenvalue weighted by molar-refractivity contribution is 0.0647. The van der Waals surface area contributed by atoms with Gasteiger partial charge in [0.2, 0.25) is 0 Å². The smallest absolute Gasteiger partial charge is 0.256 e. The normalized spacial score (nSPS) is 16.3. The van der Waals surface area contributed by atoms with Crippen molar-refractivity contribution in [3.05, 3.63) is 64.7 Å². The van der Waals surface area contributed by atoms with Gasteiger partial charge in [-0.15, -0.1) is 0 Å². The first-order chi connectivity index (χ1) is 12.0. The number of carbonyl (C=O) groups is 1. The molecule has 1 aromatic heterocycles. The van der Waals surface area contributed by atoms with Gasteiger partial charge in [-0.05, 0) is 49.1 Å². The summed E-state index contributed by atoms with van der Waals surface area (Å²) in [6.07, 6.45) is 3.24. The van der Waals surface area contributed by atoms with Gasteiger partial charge in [0.25, 0.3) is 5.91 Å². The van der Waals surface area contributed by atoms with E-state index >= 15 is 0 Å². The van der Waals surface area contributed by atoms with Crippen molar-refractivity contribution in [1.82, 2.24) is 9.88 Å². The second kappa shape index (κ2) is 7.20. The number of benzene rings is 1. The predicted molar refractivity (Wildman–Crippen MR) is 92.5 cm³/mol. The van der Waals surface area contributed by atoms with Crippen LogP contribution in [0, 0.1) is 22.6 Å². The summed E-state index contributed by atoms with van der Waals surface area (Å²) in [5, 5.41) is 9.88. The molecule has 1 fully saturated rings. The van der Waals surface area contributed by atoms with Crippen LogP contribution in [0.25, 0.3) is 0 Å². The second-order valence-corrected chi connectivity index (χ2v) is 6.69. The van der Waals surface area contributed by atoms with Crippen molar-refractivity contribution in [2.75, 3.05) is 13.1 Å². The Labute approximate surface area is 150 Å². The number of aromatic nitrogens is 1. The number of halogens is 2. The van der Waals surface area contributed by atoms with Crippen LogP contribution in [0.15, 0.2) is 42.6 Å². The highest BCUT2D eigenvalue weighted by Gasteiger charge is 2.36. The van der Waals surface area contributed by atoms with Gasteiger partial charge in [-0.2, -0.15) is 5.26 Å². The van der Waals surface area contributed by atoms with Crippen molar-refractivity contribution in [3.63, 3.8) is 0 Å². The van der Waals surface area contributed by atoms with Gasteiger partial charge in [0, 0.05) is 19.3 Å². The Morgan fingerprint density at radius 3 is 2.56 bits per heavy atom. The highest BCUT2D eigenvalue weighted by Crippen LogP contribution is 2.35. The van der Waals surface area contributed by atoms with Gasteiger partial charge in [0.1, 0.15) is 11.0 Å². The van der Waals surface area contributed by atoms with Gasteiger partial charge in [0.15, 0.2) is 0 Å². The third-order valence-electron chi connectivity index (χ3n) is 4.69. The molecule has 0 atom stereocenters. The molecule has 0 unspecified atom stereocenters. The first kappa shape index (κ1) is 17.4. The molecule has 3 rings (SSSR count). The fourth-order valence-electron chi connectivity index (χ4n) is 3.17. The van der Waals surface area contributed by atoms with Gasteiger partial charge in [0.05, 0.1) is 17.0 Å². The summed E-state index contributed by atoms with van der Waals surface area (Å²) in [5.74, 6) is -0.449. The maximum Gasteiger partial charge on any atom is 0.256 e. The molecule has 1 saturated heterocycles. The summed E-state index contributed by atoms with van der Waals surface area (Å²) in [4.78, 5) is 18.2. The summed E-state index contributed by atoms with van der Waals surface area (Å²) in [7, 11) is 0. The quantitative estimate of drug-likeness (QED) is 0.784. The van der Waals surface area contributed by atoms with E-state index in [2.05, 4.69) is 11.1 Å². The molecule has 0 N–H and O–H groups in total. The summed E-state index contributed by atoms with van der Waals surface area (Å²) in [6.45, 7) is 0.970. The Morgan fingerprint density at radius 1 is 1.28 bits per heavy atom. The Kier molecular flexibility index (Phi) is 5.00.